The van der Waals surface area contributed by atoms with Crippen molar-refractivity contribution in [3.05, 3.63) is 48.0 Å². The molecule has 0 saturated heterocycles. The zero-order valence-electron chi connectivity index (χ0n) is 14.3. The van der Waals surface area contributed by atoms with Crippen LogP contribution in [-0.2, 0) is 0 Å². The quantitative estimate of drug-likeness (QED) is 0.777. The standard InChI is InChI=1S/C18H22N2O3S/c1-12(16-11-15(22-3)8-9-17(16)23-4)19-18(24)20-13-6-5-7-14(10-13)21-2/h5-12H,1-4H3,(H2,19,20,24)/t12-/m0/s1. The molecule has 0 saturated carbocycles. The molecule has 0 fully saturated rings. The molecule has 1 atom stereocenters. The Morgan fingerprint density at radius 3 is 2.33 bits per heavy atom. The van der Waals surface area contributed by atoms with Crippen LogP contribution in [0.5, 0.6) is 17.2 Å². The van der Waals surface area contributed by atoms with Gasteiger partial charge in [0.05, 0.1) is 27.4 Å². The Morgan fingerprint density at radius 1 is 0.958 bits per heavy atom. The lowest BCUT2D eigenvalue weighted by Crippen LogP contribution is -2.31. The Morgan fingerprint density at radius 2 is 1.67 bits per heavy atom. The number of hydrogen-bond donors (Lipinski definition) is 2. The van der Waals surface area contributed by atoms with Crippen LogP contribution in [0.15, 0.2) is 42.5 Å². The van der Waals surface area contributed by atoms with Crippen LogP contribution in [0.2, 0.25) is 0 Å². The summed E-state index contributed by atoms with van der Waals surface area (Å²) in [5.41, 5.74) is 1.82. The largest absolute Gasteiger partial charge is 0.497 e. The highest BCUT2D eigenvalue weighted by molar-refractivity contribution is 7.80. The lowest BCUT2D eigenvalue weighted by atomic mass is 10.1. The van der Waals surface area contributed by atoms with Crippen molar-refractivity contribution >= 4 is 23.0 Å². The molecule has 2 aromatic carbocycles. The smallest absolute Gasteiger partial charge is 0.171 e. The lowest BCUT2D eigenvalue weighted by Gasteiger charge is -2.20. The minimum Gasteiger partial charge on any atom is -0.497 e. The van der Waals surface area contributed by atoms with E-state index in [1.54, 1.807) is 21.3 Å². The SMILES string of the molecule is COc1cccc(NC(=S)N[C@@H](C)c2cc(OC)ccc2OC)c1. The van der Waals surface area contributed by atoms with Crippen molar-refractivity contribution in [2.24, 2.45) is 0 Å². The molecule has 0 spiro atoms. The molecule has 2 rings (SSSR count). The molecule has 6 heteroatoms. The summed E-state index contributed by atoms with van der Waals surface area (Å²) in [6, 6.07) is 13.2. The first kappa shape index (κ1) is 17.9. The van der Waals surface area contributed by atoms with Gasteiger partial charge in [-0.3, -0.25) is 0 Å². The van der Waals surface area contributed by atoms with E-state index in [2.05, 4.69) is 10.6 Å². The number of methoxy groups -OCH3 is 3. The van der Waals surface area contributed by atoms with Crippen LogP contribution < -0.4 is 24.8 Å². The number of nitrogens with one attached hydrogen (secondary N) is 2. The molecule has 0 aliphatic rings. The van der Waals surface area contributed by atoms with Gasteiger partial charge in [-0.05, 0) is 49.5 Å². The van der Waals surface area contributed by atoms with Crippen LogP contribution in [0.1, 0.15) is 18.5 Å². The van der Waals surface area contributed by atoms with E-state index in [1.807, 2.05) is 49.4 Å². The van der Waals surface area contributed by atoms with E-state index in [1.165, 1.54) is 0 Å². The van der Waals surface area contributed by atoms with Crippen LogP contribution in [0.25, 0.3) is 0 Å². The van der Waals surface area contributed by atoms with E-state index >= 15 is 0 Å². The molecule has 24 heavy (non-hydrogen) atoms. The number of anilines is 1. The third-order valence-electron chi connectivity index (χ3n) is 3.58. The van der Waals surface area contributed by atoms with Gasteiger partial charge in [0.1, 0.15) is 17.2 Å². The first-order valence-corrected chi connectivity index (χ1v) is 7.91. The Hall–Kier alpha value is -2.47. The minimum absolute atomic E-state index is 0.0549. The molecule has 2 aromatic rings. The van der Waals surface area contributed by atoms with Crippen molar-refractivity contribution in [3.63, 3.8) is 0 Å². The fourth-order valence-corrected chi connectivity index (χ4v) is 2.61. The van der Waals surface area contributed by atoms with Gasteiger partial charge in [-0.25, -0.2) is 0 Å². The van der Waals surface area contributed by atoms with E-state index in [0.717, 1.165) is 28.5 Å². The molecular weight excluding hydrogens is 324 g/mol. The van der Waals surface area contributed by atoms with Crippen molar-refractivity contribution in [3.8, 4) is 17.2 Å². The van der Waals surface area contributed by atoms with E-state index in [0.29, 0.717) is 5.11 Å². The first-order chi connectivity index (χ1) is 11.6. The average Bonchev–Trinajstić information content (AvgIpc) is 2.61. The van der Waals surface area contributed by atoms with Gasteiger partial charge in [0.2, 0.25) is 0 Å². The lowest BCUT2D eigenvalue weighted by molar-refractivity contribution is 0.395. The second-order valence-electron chi connectivity index (χ2n) is 5.16. The molecule has 0 aromatic heterocycles. The number of rotatable bonds is 6. The van der Waals surface area contributed by atoms with E-state index in [4.69, 9.17) is 26.4 Å². The van der Waals surface area contributed by atoms with Crippen molar-refractivity contribution in [2.75, 3.05) is 26.6 Å². The number of thiocarbonyl (C=S) groups is 1. The zero-order valence-corrected chi connectivity index (χ0v) is 15.1. The van der Waals surface area contributed by atoms with Gasteiger partial charge >= 0.3 is 0 Å². The molecule has 0 unspecified atom stereocenters. The fourth-order valence-electron chi connectivity index (χ4n) is 2.32. The van der Waals surface area contributed by atoms with Crippen LogP contribution in [0.4, 0.5) is 5.69 Å². The maximum atomic E-state index is 5.42. The van der Waals surface area contributed by atoms with Crippen LogP contribution in [0.3, 0.4) is 0 Å². The van der Waals surface area contributed by atoms with Gasteiger partial charge < -0.3 is 24.8 Å². The summed E-state index contributed by atoms with van der Waals surface area (Å²) in [5, 5.41) is 6.92. The molecule has 0 aliphatic carbocycles. The fraction of sp³-hybridized carbons (Fsp3) is 0.278. The average molecular weight is 346 g/mol. The Labute approximate surface area is 147 Å². The molecular formula is C18H22N2O3S. The molecule has 0 aliphatic heterocycles. The van der Waals surface area contributed by atoms with Gasteiger partial charge in [-0.1, -0.05) is 6.07 Å². The van der Waals surface area contributed by atoms with Crippen LogP contribution in [-0.4, -0.2) is 26.4 Å². The Bertz CT molecular complexity index is 706. The van der Waals surface area contributed by atoms with E-state index in [-0.39, 0.29) is 6.04 Å². The highest BCUT2D eigenvalue weighted by Crippen LogP contribution is 2.29. The molecule has 128 valence electrons. The summed E-state index contributed by atoms with van der Waals surface area (Å²) in [4.78, 5) is 0. The van der Waals surface area contributed by atoms with Gasteiger partial charge in [-0.2, -0.15) is 0 Å². The van der Waals surface area contributed by atoms with Crippen molar-refractivity contribution < 1.29 is 14.2 Å². The molecule has 5 nitrogen and oxygen atoms in total. The highest BCUT2D eigenvalue weighted by atomic mass is 32.1. The topological polar surface area (TPSA) is 51.8 Å². The van der Waals surface area contributed by atoms with Gasteiger partial charge in [-0.15, -0.1) is 0 Å². The van der Waals surface area contributed by atoms with Crippen LogP contribution >= 0.6 is 12.2 Å². The first-order valence-electron chi connectivity index (χ1n) is 7.51. The predicted octanol–water partition coefficient (Wildman–Crippen LogP) is 3.76. The summed E-state index contributed by atoms with van der Waals surface area (Å²) in [5.74, 6) is 2.32. The van der Waals surface area contributed by atoms with Crippen molar-refractivity contribution in [1.29, 1.82) is 0 Å². The second-order valence-corrected chi connectivity index (χ2v) is 5.57. The minimum atomic E-state index is -0.0549. The third-order valence-corrected chi connectivity index (χ3v) is 3.80. The van der Waals surface area contributed by atoms with Gasteiger partial charge in [0.25, 0.3) is 0 Å². The molecule has 0 radical (unpaired) electrons. The predicted molar refractivity (Wildman–Crippen MR) is 100 cm³/mol. The van der Waals surface area contributed by atoms with E-state index in [9.17, 15) is 0 Å². The summed E-state index contributed by atoms with van der Waals surface area (Å²) in [7, 11) is 4.91. The van der Waals surface area contributed by atoms with Gasteiger partial charge in [0.15, 0.2) is 5.11 Å². The third kappa shape index (κ3) is 4.52. The summed E-state index contributed by atoms with van der Waals surface area (Å²) in [6.07, 6.45) is 0. The molecule has 0 bridgehead atoms. The number of hydrogen-bond acceptors (Lipinski definition) is 4. The number of benzene rings is 2. The van der Waals surface area contributed by atoms with Crippen molar-refractivity contribution in [1.82, 2.24) is 5.32 Å². The molecule has 0 amide bonds. The van der Waals surface area contributed by atoms with Crippen LogP contribution in [0, 0.1) is 0 Å². The summed E-state index contributed by atoms with van der Waals surface area (Å²) >= 11 is 5.40. The van der Waals surface area contributed by atoms with Gasteiger partial charge in [0, 0.05) is 17.3 Å². The molecule has 2 N–H and O–H groups in total. The number of ether oxygens (including phenoxy) is 3. The molecule has 0 heterocycles. The second kappa shape index (κ2) is 8.40. The maximum Gasteiger partial charge on any atom is 0.171 e. The Kier molecular flexibility index (Phi) is 6.26. The Balaban J connectivity index is 2.08. The van der Waals surface area contributed by atoms with Crippen molar-refractivity contribution in [2.45, 2.75) is 13.0 Å². The maximum absolute atomic E-state index is 5.42. The van der Waals surface area contributed by atoms with E-state index < -0.39 is 0 Å². The summed E-state index contributed by atoms with van der Waals surface area (Å²) < 4.78 is 15.9. The zero-order chi connectivity index (χ0) is 17.5. The monoisotopic (exact) mass is 346 g/mol. The normalized spacial score (nSPS) is 11.3. The highest BCUT2D eigenvalue weighted by Gasteiger charge is 2.14. The summed E-state index contributed by atoms with van der Waals surface area (Å²) in [6.45, 7) is 2.01.